The number of aromatic nitrogens is 2. The van der Waals surface area contributed by atoms with Crippen LogP contribution in [0.4, 0.5) is 0 Å². The van der Waals surface area contributed by atoms with Gasteiger partial charge in [0.1, 0.15) is 0 Å². The predicted molar refractivity (Wildman–Crippen MR) is 125 cm³/mol. The Hall–Kier alpha value is -3.25. The molecule has 0 spiro atoms. The summed E-state index contributed by atoms with van der Waals surface area (Å²) in [5.41, 5.74) is 4.30. The first-order chi connectivity index (χ1) is 15.2. The first kappa shape index (κ1) is 20.6. The van der Waals surface area contributed by atoms with Crippen LogP contribution in [-0.4, -0.2) is 23.2 Å². The Kier molecular flexibility index (Phi) is 4.60. The summed E-state index contributed by atoms with van der Waals surface area (Å²) in [5.74, 6) is 0.111. The zero-order valence-corrected chi connectivity index (χ0v) is 19.1. The van der Waals surface area contributed by atoms with E-state index in [-0.39, 0.29) is 16.1 Å². The Morgan fingerprint density at radius 1 is 0.906 bits per heavy atom. The van der Waals surface area contributed by atoms with Crippen LogP contribution in [0.5, 0.6) is 0 Å². The summed E-state index contributed by atoms with van der Waals surface area (Å²) >= 11 is 0. The third-order valence-electron chi connectivity index (χ3n) is 6.09. The molecular formula is C26H24N2O3S. The highest BCUT2D eigenvalue weighted by Crippen LogP contribution is 2.37. The van der Waals surface area contributed by atoms with E-state index >= 15 is 0 Å². The van der Waals surface area contributed by atoms with Crippen LogP contribution in [0.1, 0.15) is 41.9 Å². The molecule has 0 unspecified atom stereocenters. The molecule has 1 aliphatic rings. The number of fused-ring (bicyclic) bond motifs is 2. The van der Waals surface area contributed by atoms with Crippen molar-refractivity contribution < 1.29 is 13.2 Å². The van der Waals surface area contributed by atoms with Gasteiger partial charge < -0.3 is 0 Å². The molecule has 0 saturated heterocycles. The van der Waals surface area contributed by atoms with Crippen molar-refractivity contribution in [3.63, 3.8) is 0 Å². The molecule has 6 heteroatoms. The first-order valence-corrected chi connectivity index (χ1v) is 12.1. The summed E-state index contributed by atoms with van der Waals surface area (Å²) in [6.07, 6.45) is 2.86. The average Bonchev–Trinajstić information content (AvgIpc) is 3.13. The van der Waals surface area contributed by atoms with Gasteiger partial charge in [0.2, 0.25) is 0 Å². The lowest BCUT2D eigenvalue weighted by molar-refractivity contribution is 0.0910. The topological polar surface area (TPSA) is 69.0 Å². The van der Waals surface area contributed by atoms with Gasteiger partial charge in [0.15, 0.2) is 5.78 Å². The normalized spacial score (nSPS) is 15.7. The molecular weight excluding hydrogens is 420 g/mol. The van der Waals surface area contributed by atoms with Crippen LogP contribution in [0.2, 0.25) is 0 Å². The predicted octanol–water partition coefficient (Wildman–Crippen LogP) is 5.40. The summed E-state index contributed by atoms with van der Waals surface area (Å²) in [5, 5.41) is 0.803. The van der Waals surface area contributed by atoms with Gasteiger partial charge in [-0.3, -0.25) is 9.78 Å². The molecule has 5 nitrogen and oxygen atoms in total. The SMILES string of the molecule is Cc1ccc(S(=O)(=O)n2cc(-c3ccc4c(n3)CC(C)(C)CC4=O)c3ccccc32)cc1. The van der Waals surface area contributed by atoms with Crippen molar-refractivity contribution in [1.29, 1.82) is 0 Å². The monoisotopic (exact) mass is 444 g/mol. The number of carbonyl (C=O) groups excluding carboxylic acids is 1. The third kappa shape index (κ3) is 3.35. The van der Waals surface area contributed by atoms with Gasteiger partial charge >= 0.3 is 0 Å². The number of benzene rings is 2. The Morgan fingerprint density at radius 2 is 1.62 bits per heavy atom. The van der Waals surface area contributed by atoms with Crippen LogP contribution >= 0.6 is 0 Å². The molecule has 0 bridgehead atoms. The highest BCUT2D eigenvalue weighted by atomic mass is 32.2. The molecule has 2 aromatic carbocycles. The Balaban J connectivity index is 1.69. The maximum Gasteiger partial charge on any atom is 0.268 e. The quantitative estimate of drug-likeness (QED) is 0.424. The number of Topliss-reactive ketones (excluding diaryl/α,β-unsaturated/α-hetero) is 1. The minimum Gasteiger partial charge on any atom is -0.294 e. The maximum absolute atomic E-state index is 13.5. The van der Waals surface area contributed by atoms with E-state index in [1.807, 2.05) is 37.3 Å². The Morgan fingerprint density at radius 3 is 2.38 bits per heavy atom. The van der Waals surface area contributed by atoms with Crippen LogP contribution in [0, 0.1) is 12.3 Å². The number of ketones is 1. The van der Waals surface area contributed by atoms with Crippen molar-refractivity contribution in [3.8, 4) is 11.3 Å². The van der Waals surface area contributed by atoms with Crippen molar-refractivity contribution in [1.82, 2.24) is 8.96 Å². The van der Waals surface area contributed by atoms with Crippen molar-refractivity contribution in [2.75, 3.05) is 0 Å². The van der Waals surface area contributed by atoms with E-state index in [9.17, 15) is 13.2 Å². The zero-order valence-electron chi connectivity index (χ0n) is 18.3. The number of rotatable bonds is 3. The van der Waals surface area contributed by atoms with Crippen molar-refractivity contribution >= 4 is 26.7 Å². The fourth-order valence-electron chi connectivity index (χ4n) is 4.46. The molecule has 0 radical (unpaired) electrons. The van der Waals surface area contributed by atoms with E-state index in [2.05, 4.69) is 13.8 Å². The Labute approximate surface area is 187 Å². The second-order valence-electron chi connectivity index (χ2n) is 9.31. The van der Waals surface area contributed by atoms with Crippen molar-refractivity contribution in [2.45, 2.75) is 38.5 Å². The van der Waals surface area contributed by atoms with Gasteiger partial charge in [0, 0.05) is 29.1 Å². The van der Waals surface area contributed by atoms with Crippen molar-refractivity contribution in [2.24, 2.45) is 5.41 Å². The number of pyridine rings is 1. The molecule has 1 aliphatic carbocycles. The van der Waals surface area contributed by atoms with Gasteiger partial charge in [-0.05, 0) is 49.1 Å². The summed E-state index contributed by atoms with van der Waals surface area (Å²) in [4.78, 5) is 17.6. The van der Waals surface area contributed by atoms with Crippen LogP contribution in [-0.2, 0) is 16.4 Å². The van der Waals surface area contributed by atoms with Gasteiger partial charge in [-0.1, -0.05) is 49.7 Å². The number of hydrogen-bond donors (Lipinski definition) is 0. The molecule has 2 aromatic heterocycles. The fraction of sp³-hybridized carbons (Fsp3) is 0.231. The minimum atomic E-state index is -3.78. The molecule has 0 aliphatic heterocycles. The second kappa shape index (κ2) is 7.14. The van der Waals surface area contributed by atoms with E-state index in [1.54, 1.807) is 36.5 Å². The van der Waals surface area contributed by atoms with Crippen LogP contribution in [0.3, 0.4) is 0 Å². The Bertz CT molecular complexity index is 1480. The second-order valence-corrected chi connectivity index (χ2v) is 11.1. The molecule has 32 heavy (non-hydrogen) atoms. The van der Waals surface area contributed by atoms with Crippen molar-refractivity contribution in [3.05, 3.63) is 83.7 Å². The average molecular weight is 445 g/mol. The lowest BCUT2D eigenvalue weighted by Gasteiger charge is -2.29. The van der Waals surface area contributed by atoms with Gasteiger partial charge in [0.05, 0.1) is 21.8 Å². The first-order valence-electron chi connectivity index (χ1n) is 10.6. The van der Waals surface area contributed by atoms with Gasteiger partial charge in [-0.25, -0.2) is 12.4 Å². The molecule has 2 heterocycles. The summed E-state index contributed by atoms with van der Waals surface area (Å²) in [6.45, 7) is 6.07. The van der Waals surface area contributed by atoms with Gasteiger partial charge in [-0.2, -0.15) is 0 Å². The van der Waals surface area contributed by atoms with Gasteiger partial charge in [-0.15, -0.1) is 0 Å². The van der Waals surface area contributed by atoms with E-state index < -0.39 is 10.0 Å². The highest BCUT2D eigenvalue weighted by Gasteiger charge is 2.32. The molecule has 0 saturated carbocycles. The fourth-order valence-corrected chi connectivity index (χ4v) is 5.83. The van der Waals surface area contributed by atoms with Gasteiger partial charge in [0.25, 0.3) is 10.0 Å². The summed E-state index contributed by atoms with van der Waals surface area (Å²) in [7, 11) is -3.78. The lowest BCUT2D eigenvalue weighted by atomic mass is 9.75. The third-order valence-corrected chi connectivity index (χ3v) is 7.78. The van der Waals surface area contributed by atoms with Crippen LogP contribution in [0.15, 0.2) is 71.8 Å². The zero-order chi connectivity index (χ0) is 22.7. The largest absolute Gasteiger partial charge is 0.294 e. The lowest BCUT2D eigenvalue weighted by Crippen LogP contribution is -2.27. The van der Waals surface area contributed by atoms with E-state index in [0.717, 1.165) is 22.2 Å². The standard InChI is InChI=1S/C26H24N2O3S/c1-17-8-10-18(11-9-17)32(30,31)28-16-21(19-6-4-5-7-24(19)28)22-13-12-20-23(27-22)14-26(2,3)15-25(20)29/h4-13,16H,14-15H2,1-3H3. The highest BCUT2D eigenvalue weighted by molar-refractivity contribution is 7.90. The number of carbonyl (C=O) groups is 1. The van der Waals surface area contributed by atoms with Crippen LogP contribution in [0.25, 0.3) is 22.2 Å². The smallest absolute Gasteiger partial charge is 0.268 e. The number of hydrogen-bond acceptors (Lipinski definition) is 4. The molecule has 0 atom stereocenters. The molecule has 4 aromatic rings. The molecule has 0 amide bonds. The van der Waals surface area contributed by atoms with Crippen LogP contribution < -0.4 is 0 Å². The minimum absolute atomic E-state index is 0.111. The summed E-state index contributed by atoms with van der Waals surface area (Å²) in [6, 6.07) is 17.9. The molecule has 5 rings (SSSR count). The number of para-hydroxylation sites is 1. The van der Waals surface area contributed by atoms with E-state index in [1.165, 1.54) is 3.97 Å². The van der Waals surface area contributed by atoms with E-state index in [0.29, 0.717) is 29.6 Å². The van der Waals surface area contributed by atoms with E-state index in [4.69, 9.17) is 4.98 Å². The number of aryl methyl sites for hydroxylation is 1. The summed E-state index contributed by atoms with van der Waals surface area (Å²) < 4.78 is 28.3. The number of nitrogens with zero attached hydrogens (tertiary/aromatic N) is 2. The molecule has 0 N–H and O–H groups in total. The molecule has 0 fully saturated rings. The molecule has 162 valence electrons. The maximum atomic E-state index is 13.5.